The van der Waals surface area contributed by atoms with Crippen molar-refractivity contribution >= 4 is 40.0 Å². The summed E-state index contributed by atoms with van der Waals surface area (Å²) in [6.45, 7) is 4.28. The zero-order valence-electron chi connectivity index (χ0n) is 16.3. The SMILES string of the molecule is COCCCN1C(=O)c2ccc(C(=O)Nc3sc(C)c(C)c3C(N)=O)cc2C1=O. The van der Waals surface area contributed by atoms with E-state index in [0.717, 1.165) is 15.3 Å². The molecule has 1 aromatic heterocycles. The molecule has 152 valence electrons. The molecule has 8 nitrogen and oxygen atoms in total. The molecular weight excluding hydrogens is 394 g/mol. The van der Waals surface area contributed by atoms with E-state index in [0.29, 0.717) is 18.0 Å². The number of nitrogens with one attached hydrogen (secondary N) is 1. The predicted molar refractivity (Wildman–Crippen MR) is 109 cm³/mol. The maximum absolute atomic E-state index is 12.7. The van der Waals surface area contributed by atoms with E-state index >= 15 is 0 Å². The van der Waals surface area contributed by atoms with Gasteiger partial charge >= 0.3 is 0 Å². The van der Waals surface area contributed by atoms with E-state index in [1.807, 2.05) is 6.92 Å². The molecule has 0 atom stereocenters. The predicted octanol–water partition coefficient (Wildman–Crippen LogP) is 2.35. The largest absolute Gasteiger partial charge is 0.385 e. The minimum absolute atomic E-state index is 0.189. The third-order valence-corrected chi connectivity index (χ3v) is 5.94. The Balaban J connectivity index is 1.84. The molecule has 0 aliphatic carbocycles. The van der Waals surface area contributed by atoms with Crippen molar-refractivity contribution in [2.45, 2.75) is 20.3 Å². The molecule has 0 bridgehead atoms. The molecule has 0 fully saturated rings. The van der Waals surface area contributed by atoms with Gasteiger partial charge in [-0.05, 0) is 44.0 Å². The second kappa shape index (κ2) is 8.14. The number of nitrogens with two attached hydrogens (primary N) is 1. The highest BCUT2D eigenvalue weighted by Crippen LogP contribution is 2.32. The third-order valence-electron chi connectivity index (χ3n) is 4.82. The fourth-order valence-corrected chi connectivity index (χ4v) is 4.25. The minimum atomic E-state index is -0.622. The molecule has 1 aromatic carbocycles. The Kier molecular flexibility index (Phi) is 5.81. The van der Waals surface area contributed by atoms with Crippen LogP contribution in [0, 0.1) is 13.8 Å². The van der Waals surface area contributed by atoms with Crippen LogP contribution in [0.2, 0.25) is 0 Å². The molecule has 0 radical (unpaired) electrons. The number of thiophene rings is 1. The Morgan fingerprint density at radius 3 is 2.52 bits per heavy atom. The number of methoxy groups -OCH3 is 1. The van der Waals surface area contributed by atoms with Gasteiger partial charge < -0.3 is 15.8 Å². The lowest BCUT2D eigenvalue weighted by Gasteiger charge is -2.12. The van der Waals surface area contributed by atoms with E-state index in [1.165, 1.54) is 29.5 Å². The second-order valence-electron chi connectivity index (χ2n) is 6.67. The topological polar surface area (TPSA) is 119 Å². The average molecular weight is 415 g/mol. The Labute approximate surface area is 171 Å². The highest BCUT2D eigenvalue weighted by molar-refractivity contribution is 7.16. The molecule has 4 amide bonds. The molecule has 3 rings (SSSR count). The van der Waals surface area contributed by atoms with Crippen molar-refractivity contribution in [2.75, 3.05) is 25.6 Å². The summed E-state index contributed by atoms with van der Waals surface area (Å²) in [5.41, 5.74) is 7.10. The summed E-state index contributed by atoms with van der Waals surface area (Å²) in [5, 5.41) is 3.06. The number of benzene rings is 1. The van der Waals surface area contributed by atoms with Crippen LogP contribution in [0.3, 0.4) is 0 Å². The molecule has 29 heavy (non-hydrogen) atoms. The summed E-state index contributed by atoms with van der Waals surface area (Å²) >= 11 is 1.26. The number of carbonyl (C=O) groups is 4. The third kappa shape index (κ3) is 3.79. The van der Waals surface area contributed by atoms with Gasteiger partial charge in [0.2, 0.25) is 0 Å². The first-order chi connectivity index (χ1) is 13.8. The molecule has 2 aromatic rings. The number of nitrogens with zero attached hydrogens (tertiary/aromatic N) is 1. The monoisotopic (exact) mass is 415 g/mol. The van der Waals surface area contributed by atoms with Crippen LogP contribution in [0.5, 0.6) is 0 Å². The lowest BCUT2D eigenvalue weighted by molar-refractivity contribution is 0.0638. The Morgan fingerprint density at radius 1 is 1.17 bits per heavy atom. The van der Waals surface area contributed by atoms with Crippen molar-refractivity contribution in [1.29, 1.82) is 0 Å². The summed E-state index contributed by atoms with van der Waals surface area (Å²) in [6, 6.07) is 4.36. The number of hydrogen-bond donors (Lipinski definition) is 2. The first-order valence-corrected chi connectivity index (χ1v) is 9.78. The van der Waals surface area contributed by atoms with Gasteiger partial charge in [-0.3, -0.25) is 24.1 Å². The van der Waals surface area contributed by atoms with Crippen LogP contribution in [0.15, 0.2) is 18.2 Å². The van der Waals surface area contributed by atoms with E-state index < -0.39 is 17.7 Å². The van der Waals surface area contributed by atoms with Crippen LogP contribution in [-0.2, 0) is 4.74 Å². The van der Waals surface area contributed by atoms with Crippen molar-refractivity contribution in [3.8, 4) is 0 Å². The summed E-state index contributed by atoms with van der Waals surface area (Å²) in [5.74, 6) is -1.93. The fourth-order valence-electron chi connectivity index (χ4n) is 3.19. The standard InChI is InChI=1S/C20H21N3O5S/c1-10-11(2)29-18(15(10)16(21)24)22-17(25)12-5-6-13-14(9-12)20(27)23(19(13)26)7-4-8-28-3/h5-6,9H,4,7-8H2,1-3H3,(H2,21,24)(H,22,25). The number of aryl methyl sites for hydroxylation is 1. The molecule has 0 spiro atoms. The molecular formula is C20H21N3O5S. The van der Waals surface area contributed by atoms with Crippen molar-refractivity contribution in [3.05, 3.63) is 50.9 Å². The number of anilines is 1. The molecule has 3 N–H and O–H groups in total. The smallest absolute Gasteiger partial charge is 0.261 e. The maximum atomic E-state index is 12.7. The highest BCUT2D eigenvalue weighted by Gasteiger charge is 2.35. The molecule has 9 heteroatoms. The van der Waals surface area contributed by atoms with Gasteiger partial charge in [0.05, 0.1) is 16.7 Å². The highest BCUT2D eigenvalue weighted by atomic mass is 32.1. The van der Waals surface area contributed by atoms with Gasteiger partial charge in [0.25, 0.3) is 23.6 Å². The van der Waals surface area contributed by atoms with Gasteiger partial charge in [-0.25, -0.2) is 0 Å². The van der Waals surface area contributed by atoms with Gasteiger partial charge in [0, 0.05) is 30.7 Å². The van der Waals surface area contributed by atoms with Crippen molar-refractivity contribution in [1.82, 2.24) is 4.90 Å². The first kappa shape index (κ1) is 20.7. The lowest BCUT2D eigenvalue weighted by Crippen LogP contribution is -2.31. The number of amides is 4. The van der Waals surface area contributed by atoms with Crippen LogP contribution in [0.4, 0.5) is 5.00 Å². The van der Waals surface area contributed by atoms with E-state index in [9.17, 15) is 19.2 Å². The van der Waals surface area contributed by atoms with Crippen molar-refractivity contribution in [3.63, 3.8) is 0 Å². The van der Waals surface area contributed by atoms with Gasteiger partial charge in [-0.15, -0.1) is 11.3 Å². The zero-order chi connectivity index (χ0) is 21.3. The number of hydrogen-bond acceptors (Lipinski definition) is 6. The van der Waals surface area contributed by atoms with E-state index in [1.54, 1.807) is 14.0 Å². The van der Waals surface area contributed by atoms with Crippen LogP contribution in [-0.4, -0.2) is 48.8 Å². The Morgan fingerprint density at radius 2 is 1.86 bits per heavy atom. The molecule has 0 saturated carbocycles. The van der Waals surface area contributed by atoms with Crippen LogP contribution >= 0.6 is 11.3 Å². The molecule has 1 aliphatic heterocycles. The van der Waals surface area contributed by atoms with Crippen LogP contribution < -0.4 is 11.1 Å². The minimum Gasteiger partial charge on any atom is -0.385 e. The van der Waals surface area contributed by atoms with Gasteiger partial charge in [-0.1, -0.05) is 0 Å². The molecule has 2 heterocycles. The summed E-state index contributed by atoms with van der Waals surface area (Å²) < 4.78 is 4.96. The van der Waals surface area contributed by atoms with E-state index in [-0.39, 0.29) is 34.7 Å². The molecule has 1 aliphatic rings. The van der Waals surface area contributed by atoms with Crippen LogP contribution in [0.25, 0.3) is 0 Å². The summed E-state index contributed by atoms with van der Waals surface area (Å²) in [6.07, 6.45) is 0.530. The summed E-state index contributed by atoms with van der Waals surface area (Å²) in [4.78, 5) is 51.5. The van der Waals surface area contributed by atoms with Crippen LogP contribution in [0.1, 0.15) is 58.3 Å². The van der Waals surface area contributed by atoms with Gasteiger partial charge in [-0.2, -0.15) is 0 Å². The van der Waals surface area contributed by atoms with E-state index in [2.05, 4.69) is 5.32 Å². The molecule has 0 saturated heterocycles. The number of rotatable bonds is 7. The number of fused-ring (bicyclic) bond motifs is 1. The summed E-state index contributed by atoms with van der Waals surface area (Å²) in [7, 11) is 1.55. The lowest BCUT2D eigenvalue weighted by atomic mass is 10.1. The second-order valence-corrected chi connectivity index (χ2v) is 7.90. The van der Waals surface area contributed by atoms with Gasteiger partial charge in [0.1, 0.15) is 5.00 Å². The Bertz CT molecular complexity index is 1030. The number of primary amides is 1. The van der Waals surface area contributed by atoms with Crippen molar-refractivity contribution < 1.29 is 23.9 Å². The van der Waals surface area contributed by atoms with Crippen molar-refractivity contribution in [2.24, 2.45) is 5.73 Å². The molecule has 0 unspecified atom stereocenters. The number of ether oxygens (including phenoxy) is 1. The average Bonchev–Trinajstić information content (AvgIpc) is 3.09. The number of carbonyl (C=O) groups excluding carboxylic acids is 4. The fraction of sp³-hybridized carbons (Fsp3) is 0.300. The quantitative estimate of drug-likeness (QED) is 0.531. The maximum Gasteiger partial charge on any atom is 0.261 e. The number of imide groups is 1. The Hall–Kier alpha value is -3.04. The first-order valence-electron chi connectivity index (χ1n) is 8.96. The normalized spacial score (nSPS) is 13.0. The van der Waals surface area contributed by atoms with E-state index in [4.69, 9.17) is 10.5 Å². The van der Waals surface area contributed by atoms with Gasteiger partial charge in [0.15, 0.2) is 0 Å². The zero-order valence-corrected chi connectivity index (χ0v) is 17.1.